The fourth-order valence-corrected chi connectivity index (χ4v) is 4.89. The van der Waals surface area contributed by atoms with E-state index >= 15 is 0 Å². The van der Waals surface area contributed by atoms with Gasteiger partial charge in [-0.25, -0.2) is 18.7 Å². The van der Waals surface area contributed by atoms with E-state index in [-0.39, 0.29) is 23.2 Å². The molecule has 0 saturated carbocycles. The predicted molar refractivity (Wildman–Crippen MR) is 161 cm³/mol. The predicted octanol–water partition coefficient (Wildman–Crippen LogP) is 3.83. The number of methoxy groups -OCH3 is 2. The first-order valence-corrected chi connectivity index (χ1v) is 13.9. The molecule has 0 unspecified atom stereocenters. The van der Waals surface area contributed by atoms with Crippen LogP contribution in [0.2, 0.25) is 0 Å². The number of likely N-dealkylation sites (N-methyl/N-ethyl adjacent to an activating group) is 2. The maximum Gasteiger partial charge on any atom is 0.247 e. The molecule has 3 aromatic rings. The number of hydrogen-bond donors (Lipinski definition) is 1. The van der Waals surface area contributed by atoms with Crippen molar-refractivity contribution in [1.82, 2.24) is 14.9 Å². The summed E-state index contributed by atoms with van der Waals surface area (Å²) < 4.78 is 39.7. The molecule has 0 aliphatic carbocycles. The first-order chi connectivity index (χ1) is 20.7. The third-order valence-electron chi connectivity index (χ3n) is 7.51. The molecule has 1 N–H and O–H groups in total. The van der Waals surface area contributed by atoms with E-state index < -0.39 is 29.5 Å². The normalized spacial score (nSPS) is 13.4. The highest BCUT2D eigenvalue weighted by Gasteiger charge is 2.25. The van der Waals surface area contributed by atoms with Crippen LogP contribution in [0.3, 0.4) is 0 Å². The highest BCUT2D eigenvalue weighted by Crippen LogP contribution is 2.32. The molecular weight excluding hydrogens is 558 g/mol. The van der Waals surface area contributed by atoms with Crippen molar-refractivity contribution < 1.29 is 27.8 Å². The Labute approximate surface area is 249 Å². The second-order valence-electron chi connectivity index (χ2n) is 10.0. The zero-order valence-electron chi connectivity index (χ0n) is 24.8. The number of ether oxygens (including phenoxy) is 2. The van der Waals surface area contributed by atoms with Crippen molar-refractivity contribution in [1.29, 1.82) is 0 Å². The molecule has 228 valence electrons. The summed E-state index contributed by atoms with van der Waals surface area (Å²) in [5.41, 5.74) is 2.53. The monoisotopic (exact) mass is 594 g/mol. The molecule has 2 amide bonds. The highest BCUT2D eigenvalue weighted by atomic mass is 19.1. The Morgan fingerprint density at radius 1 is 1.05 bits per heavy atom. The molecule has 0 bridgehead atoms. The third kappa shape index (κ3) is 7.26. The van der Waals surface area contributed by atoms with E-state index in [9.17, 15) is 18.4 Å². The van der Waals surface area contributed by atoms with Crippen LogP contribution < -0.4 is 24.6 Å². The molecule has 1 saturated heterocycles. The fraction of sp³-hybridized carbons (Fsp3) is 0.355. The van der Waals surface area contributed by atoms with Gasteiger partial charge in [0.2, 0.25) is 11.8 Å². The Bertz CT molecular complexity index is 1470. The maximum absolute atomic E-state index is 14.9. The third-order valence-corrected chi connectivity index (χ3v) is 7.51. The van der Waals surface area contributed by atoms with Crippen LogP contribution in [0.1, 0.15) is 23.7 Å². The first kappa shape index (κ1) is 31.4. The number of hydrogen-bond acceptors (Lipinski definition) is 8. The summed E-state index contributed by atoms with van der Waals surface area (Å²) in [6.45, 7) is 10.4. The van der Waals surface area contributed by atoms with Crippen molar-refractivity contribution in [3.05, 3.63) is 77.8 Å². The molecule has 1 aliphatic rings. The number of piperazine rings is 1. The summed E-state index contributed by atoms with van der Waals surface area (Å²) in [5.74, 6) is -3.12. The number of amides is 2. The molecule has 4 rings (SSSR count). The van der Waals surface area contributed by atoms with Crippen molar-refractivity contribution in [3.63, 3.8) is 0 Å². The van der Waals surface area contributed by atoms with Gasteiger partial charge in [0.15, 0.2) is 23.1 Å². The van der Waals surface area contributed by atoms with Crippen LogP contribution in [0.5, 0.6) is 11.5 Å². The lowest BCUT2D eigenvalue weighted by Gasteiger charge is -2.35. The van der Waals surface area contributed by atoms with Crippen molar-refractivity contribution in [2.75, 3.05) is 69.1 Å². The van der Waals surface area contributed by atoms with Gasteiger partial charge in [-0.3, -0.25) is 14.5 Å². The minimum absolute atomic E-state index is 0.235. The molecule has 1 aromatic heterocycles. The van der Waals surface area contributed by atoms with Crippen molar-refractivity contribution in [3.8, 4) is 11.5 Å². The summed E-state index contributed by atoms with van der Waals surface area (Å²) in [5, 5.41) is 2.90. The van der Waals surface area contributed by atoms with Crippen molar-refractivity contribution >= 4 is 29.0 Å². The lowest BCUT2D eigenvalue weighted by atomic mass is 10.0. The Kier molecular flexibility index (Phi) is 10.3. The quantitative estimate of drug-likeness (QED) is 0.335. The molecule has 1 aliphatic heterocycles. The number of carbonyl (C=O) groups excluding carboxylic acids is 2. The zero-order valence-corrected chi connectivity index (χ0v) is 24.8. The largest absolute Gasteiger partial charge is 0.494 e. The van der Waals surface area contributed by atoms with Gasteiger partial charge < -0.3 is 24.6 Å². The van der Waals surface area contributed by atoms with Crippen LogP contribution in [0.25, 0.3) is 0 Å². The Balaban J connectivity index is 1.55. The highest BCUT2D eigenvalue weighted by molar-refractivity contribution is 5.99. The van der Waals surface area contributed by atoms with Gasteiger partial charge in [0.25, 0.3) is 0 Å². The van der Waals surface area contributed by atoms with E-state index in [1.165, 1.54) is 38.6 Å². The lowest BCUT2D eigenvalue weighted by molar-refractivity contribution is -0.117. The van der Waals surface area contributed by atoms with Crippen LogP contribution in [0.4, 0.5) is 26.0 Å². The molecule has 43 heavy (non-hydrogen) atoms. The van der Waals surface area contributed by atoms with Gasteiger partial charge in [0, 0.05) is 68.7 Å². The molecule has 0 radical (unpaired) electrons. The number of rotatable bonds is 11. The molecule has 0 spiro atoms. The standard InChI is InChI=1S/C31H36F2N6O4/c1-6-28(40)36-24-16-22(39-12-10-38(7-2)11-13-39)9-8-20(24)14-21-15-27(35-19-34-21)37(3)29(41)17-23-30(32)25(42-4)18-26(43-5)31(23)33/h6,8-9,15-16,18-19H,1,7,10-14,17H2,2-5H3,(H,36,40). The second kappa shape index (κ2) is 14.1. The summed E-state index contributed by atoms with van der Waals surface area (Å²) in [6.07, 6.45) is 2.26. The molecular formula is C31H36F2N6O4. The van der Waals surface area contributed by atoms with E-state index in [4.69, 9.17) is 9.47 Å². The summed E-state index contributed by atoms with van der Waals surface area (Å²) >= 11 is 0. The van der Waals surface area contributed by atoms with Gasteiger partial charge in [-0.2, -0.15) is 0 Å². The van der Waals surface area contributed by atoms with Gasteiger partial charge >= 0.3 is 0 Å². The molecule has 10 nitrogen and oxygen atoms in total. The summed E-state index contributed by atoms with van der Waals surface area (Å²) in [7, 11) is 3.95. The van der Waals surface area contributed by atoms with Crippen molar-refractivity contribution in [2.45, 2.75) is 19.8 Å². The average Bonchev–Trinajstić information content (AvgIpc) is 3.03. The number of aromatic nitrogens is 2. The second-order valence-corrected chi connectivity index (χ2v) is 10.0. The van der Waals surface area contributed by atoms with Gasteiger partial charge in [-0.15, -0.1) is 0 Å². The smallest absolute Gasteiger partial charge is 0.247 e. The number of nitrogens with zero attached hydrogens (tertiary/aromatic N) is 5. The molecule has 1 fully saturated rings. The zero-order chi connectivity index (χ0) is 31.1. The Hall–Kier alpha value is -4.58. The van der Waals surface area contributed by atoms with Crippen LogP contribution in [-0.2, 0) is 22.4 Å². The number of benzene rings is 2. The average molecular weight is 595 g/mol. The summed E-state index contributed by atoms with van der Waals surface area (Å²) in [6, 6.07) is 8.61. The minimum Gasteiger partial charge on any atom is -0.494 e. The summed E-state index contributed by atoms with van der Waals surface area (Å²) in [4.78, 5) is 39.8. The minimum atomic E-state index is -0.976. The number of nitrogens with one attached hydrogen (secondary N) is 1. The topological polar surface area (TPSA) is 100 Å². The SMILES string of the molecule is C=CC(=O)Nc1cc(N2CCN(CC)CC2)ccc1Cc1cc(N(C)C(=O)Cc2c(F)c(OC)cc(OC)c2F)ncn1. The molecule has 12 heteroatoms. The maximum atomic E-state index is 14.9. The lowest BCUT2D eigenvalue weighted by Crippen LogP contribution is -2.46. The van der Waals surface area contributed by atoms with Crippen LogP contribution >= 0.6 is 0 Å². The van der Waals surface area contributed by atoms with E-state index in [1.54, 1.807) is 6.07 Å². The van der Waals surface area contributed by atoms with Crippen molar-refractivity contribution in [2.24, 2.45) is 0 Å². The van der Waals surface area contributed by atoms with Gasteiger partial charge in [-0.05, 0) is 30.3 Å². The van der Waals surface area contributed by atoms with Gasteiger partial charge in [-0.1, -0.05) is 19.6 Å². The number of halogens is 2. The van der Waals surface area contributed by atoms with Gasteiger partial charge in [0.05, 0.1) is 26.3 Å². The molecule has 0 atom stereocenters. The number of carbonyl (C=O) groups is 2. The van der Waals surface area contributed by atoms with Gasteiger partial charge in [0.1, 0.15) is 12.1 Å². The van der Waals surface area contributed by atoms with E-state index in [2.05, 4.69) is 38.6 Å². The van der Waals surface area contributed by atoms with Crippen LogP contribution in [0, 0.1) is 11.6 Å². The fourth-order valence-electron chi connectivity index (χ4n) is 4.89. The first-order valence-electron chi connectivity index (χ1n) is 13.9. The molecule has 2 aromatic carbocycles. The molecule has 2 heterocycles. The van der Waals surface area contributed by atoms with E-state index in [0.717, 1.165) is 50.0 Å². The number of anilines is 3. The van der Waals surface area contributed by atoms with E-state index in [1.807, 2.05) is 18.2 Å². The van der Waals surface area contributed by atoms with Crippen LogP contribution in [-0.4, -0.2) is 80.7 Å². The Morgan fingerprint density at radius 2 is 1.72 bits per heavy atom. The van der Waals surface area contributed by atoms with Crippen LogP contribution in [0.15, 0.2) is 49.3 Å². The Morgan fingerprint density at radius 3 is 2.33 bits per heavy atom. The van der Waals surface area contributed by atoms with E-state index in [0.29, 0.717) is 17.8 Å².